The average Bonchev–Trinajstić information content (AvgIpc) is 3.52. The quantitative estimate of drug-likeness (QED) is 0.311. The molecule has 0 radical (unpaired) electrons. The minimum absolute atomic E-state index is 0.0647. The number of hydrogen-bond donors (Lipinski definition) is 3. The van der Waals surface area contributed by atoms with E-state index in [1.807, 2.05) is 30.3 Å². The number of phenolic OH excluding ortho intramolecular Hbond substituents is 2. The van der Waals surface area contributed by atoms with Gasteiger partial charge in [-0.15, -0.1) is 0 Å². The molecule has 3 N–H and O–H groups in total. The molecule has 0 spiro atoms. The van der Waals surface area contributed by atoms with Crippen LogP contribution in [-0.2, 0) is 0 Å². The number of carbonyl (C=O) groups excluding carboxylic acids is 2. The fourth-order valence-corrected chi connectivity index (χ4v) is 4.35. The van der Waals surface area contributed by atoms with Gasteiger partial charge in [-0.25, -0.2) is 4.68 Å². The number of nitrogens with one attached hydrogen (secondary N) is 1. The number of nitrogens with zero attached hydrogens (tertiary/aromatic N) is 3. The zero-order valence-electron chi connectivity index (χ0n) is 19.4. The van der Waals surface area contributed by atoms with Gasteiger partial charge in [0.05, 0.1) is 28.5 Å². The van der Waals surface area contributed by atoms with Crippen LogP contribution in [0.1, 0.15) is 20.7 Å². The highest BCUT2D eigenvalue weighted by Gasteiger charge is 2.15. The van der Waals surface area contributed by atoms with Crippen LogP contribution in [0.15, 0.2) is 104 Å². The molecule has 0 aliphatic rings. The molecule has 2 aromatic heterocycles. The molecule has 8 heteroatoms. The van der Waals surface area contributed by atoms with Gasteiger partial charge in [0.1, 0.15) is 11.5 Å². The molecule has 2 heterocycles. The molecule has 180 valence electrons. The smallest absolute Gasteiger partial charge is 0.265 e. The Hall–Kier alpha value is -5.37. The summed E-state index contributed by atoms with van der Waals surface area (Å²) in [7, 11) is 0. The molecule has 0 saturated carbocycles. The molecule has 1 amide bonds. The first kappa shape index (κ1) is 22.1. The predicted octanol–water partition coefficient (Wildman–Crippen LogP) is 5.33. The van der Waals surface area contributed by atoms with Crippen molar-refractivity contribution in [3.63, 3.8) is 0 Å². The number of aromatic hydroxyl groups is 2. The third kappa shape index (κ3) is 3.96. The molecule has 4 aromatic carbocycles. The molecule has 0 aliphatic carbocycles. The largest absolute Gasteiger partial charge is 0.507 e. The van der Waals surface area contributed by atoms with Crippen molar-refractivity contribution in [1.82, 2.24) is 14.3 Å². The number of benzene rings is 4. The number of para-hydroxylation sites is 2. The monoisotopic (exact) mass is 488 g/mol. The number of fused-ring (bicyclic) bond motifs is 2. The van der Waals surface area contributed by atoms with Crippen molar-refractivity contribution < 1.29 is 19.8 Å². The number of hydrogen-bond acceptors (Lipinski definition) is 5. The highest BCUT2D eigenvalue weighted by Crippen LogP contribution is 2.27. The number of anilines is 1. The Morgan fingerprint density at radius 1 is 0.730 bits per heavy atom. The van der Waals surface area contributed by atoms with Crippen LogP contribution < -0.4 is 5.32 Å². The van der Waals surface area contributed by atoms with Gasteiger partial charge in [0.15, 0.2) is 0 Å². The standard InChI is InChI=1S/C29H20N4O4/c34-26-7-3-1-5-23(26)28(36)31-21-10-12-25-19(13-21)15-30-33(25)22-11-9-18-16-32(17-20(18)14-22)29(37)24-6-2-4-8-27(24)35/h1-17,34-35H,(H,31,36). The van der Waals surface area contributed by atoms with Gasteiger partial charge in [-0.3, -0.25) is 14.2 Å². The van der Waals surface area contributed by atoms with E-state index in [4.69, 9.17) is 0 Å². The summed E-state index contributed by atoms with van der Waals surface area (Å²) in [6.45, 7) is 0. The zero-order valence-corrected chi connectivity index (χ0v) is 19.4. The van der Waals surface area contributed by atoms with Crippen LogP contribution in [0.2, 0.25) is 0 Å². The number of phenols is 2. The molecule has 0 saturated heterocycles. The predicted molar refractivity (Wildman–Crippen MR) is 140 cm³/mol. The van der Waals surface area contributed by atoms with E-state index in [0.717, 1.165) is 27.4 Å². The Balaban J connectivity index is 1.29. The minimum Gasteiger partial charge on any atom is -0.507 e. The van der Waals surface area contributed by atoms with Gasteiger partial charge in [0.25, 0.3) is 11.8 Å². The summed E-state index contributed by atoms with van der Waals surface area (Å²) in [5.41, 5.74) is 2.65. The van der Waals surface area contributed by atoms with Gasteiger partial charge in [0.2, 0.25) is 0 Å². The molecular weight excluding hydrogens is 468 g/mol. The first-order valence-corrected chi connectivity index (χ1v) is 11.5. The first-order chi connectivity index (χ1) is 18.0. The summed E-state index contributed by atoms with van der Waals surface area (Å²) in [4.78, 5) is 25.4. The van der Waals surface area contributed by atoms with E-state index in [2.05, 4.69) is 10.4 Å². The summed E-state index contributed by atoms with van der Waals surface area (Å²) in [5.74, 6) is -0.873. The molecule has 0 atom stereocenters. The van der Waals surface area contributed by atoms with Gasteiger partial charge in [-0.1, -0.05) is 30.3 Å². The van der Waals surface area contributed by atoms with Gasteiger partial charge < -0.3 is 15.5 Å². The van der Waals surface area contributed by atoms with Gasteiger partial charge in [0, 0.05) is 34.2 Å². The van der Waals surface area contributed by atoms with E-state index < -0.39 is 5.91 Å². The highest BCUT2D eigenvalue weighted by atomic mass is 16.3. The van der Waals surface area contributed by atoms with Crippen molar-refractivity contribution in [1.29, 1.82) is 0 Å². The van der Waals surface area contributed by atoms with Crippen molar-refractivity contribution in [2.24, 2.45) is 0 Å². The molecule has 37 heavy (non-hydrogen) atoms. The third-order valence-electron chi connectivity index (χ3n) is 6.21. The second kappa shape index (κ2) is 8.69. The Morgan fingerprint density at radius 2 is 1.43 bits per heavy atom. The topological polar surface area (TPSA) is 109 Å². The third-order valence-corrected chi connectivity index (χ3v) is 6.21. The van der Waals surface area contributed by atoms with Crippen LogP contribution >= 0.6 is 0 Å². The number of rotatable bonds is 4. The van der Waals surface area contributed by atoms with Gasteiger partial charge >= 0.3 is 0 Å². The number of carbonyl (C=O) groups is 2. The molecule has 0 bridgehead atoms. The Labute approximate surface area is 210 Å². The maximum atomic E-state index is 12.9. The molecule has 6 aromatic rings. The summed E-state index contributed by atoms with van der Waals surface area (Å²) in [6, 6.07) is 24.0. The molecule has 6 rings (SSSR count). The van der Waals surface area contributed by atoms with Crippen molar-refractivity contribution >= 4 is 39.2 Å². The van der Waals surface area contributed by atoms with Crippen LogP contribution in [0.25, 0.3) is 27.4 Å². The Bertz CT molecular complexity index is 1830. The molecule has 0 fully saturated rings. The zero-order chi connectivity index (χ0) is 25.5. The lowest BCUT2D eigenvalue weighted by Gasteiger charge is -2.08. The summed E-state index contributed by atoms with van der Waals surface area (Å²) >= 11 is 0. The van der Waals surface area contributed by atoms with Crippen LogP contribution in [0, 0.1) is 0 Å². The molecule has 0 unspecified atom stereocenters. The van der Waals surface area contributed by atoms with Crippen LogP contribution in [0.4, 0.5) is 5.69 Å². The average molecular weight is 489 g/mol. The van der Waals surface area contributed by atoms with Crippen LogP contribution in [0.5, 0.6) is 11.5 Å². The van der Waals surface area contributed by atoms with E-state index in [1.54, 1.807) is 65.7 Å². The van der Waals surface area contributed by atoms with Crippen LogP contribution in [-0.4, -0.2) is 36.4 Å². The maximum absolute atomic E-state index is 12.9. The molecule has 0 aliphatic heterocycles. The van der Waals surface area contributed by atoms with Crippen molar-refractivity contribution in [3.8, 4) is 17.2 Å². The fraction of sp³-hybridized carbons (Fsp3) is 0. The highest BCUT2D eigenvalue weighted by molar-refractivity contribution is 6.07. The molecular formula is C29H20N4O4. The van der Waals surface area contributed by atoms with Crippen molar-refractivity contribution in [3.05, 3.63) is 115 Å². The lowest BCUT2D eigenvalue weighted by atomic mass is 10.1. The van der Waals surface area contributed by atoms with Crippen molar-refractivity contribution in [2.75, 3.05) is 5.32 Å². The number of aromatic nitrogens is 3. The van der Waals surface area contributed by atoms with Crippen molar-refractivity contribution in [2.45, 2.75) is 0 Å². The summed E-state index contributed by atoms with van der Waals surface area (Å²) < 4.78 is 3.25. The number of amides is 1. The Kier molecular flexibility index (Phi) is 5.19. The van der Waals surface area contributed by atoms with E-state index in [-0.39, 0.29) is 28.5 Å². The fourth-order valence-electron chi connectivity index (χ4n) is 4.35. The SMILES string of the molecule is O=C(Nc1ccc2c(cnn2-c2ccc3cn(C(=O)c4ccccc4O)cc3c2)c1)c1ccccc1O. The minimum atomic E-state index is -0.404. The van der Waals surface area contributed by atoms with E-state index in [1.165, 1.54) is 16.7 Å². The van der Waals surface area contributed by atoms with Gasteiger partial charge in [-0.2, -0.15) is 5.10 Å². The van der Waals surface area contributed by atoms with Crippen LogP contribution in [0.3, 0.4) is 0 Å². The Morgan fingerprint density at radius 3 is 2.19 bits per heavy atom. The second-order valence-corrected chi connectivity index (χ2v) is 8.60. The van der Waals surface area contributed by atoms with E-state index >= 15 is 0 Å². The van der Waals surface area contributed by atoms with E-state index in [0.29, 0.717) is 5.69 Å². The normalized spacial score (nSPS) is 11.1. The lowest BCUT2D eigenvalue weighted by molar-refractivity contribution is 0.0957. The maximum Gasteiger partial charge on any atom is 0.265 e. The second-order valence-electron chi connectivity index (χ2n) is 8.60. The molecule has 8 nitrogen and oxygen atoms in total. The van der Waals surface area contributed by atoms with Gasteiger partial charge in [-0.05, 0) is 54.6 Å². The lowest BCUT2D eigenvalue weighted by Crippen LogP contribution is -2.11. The summed E-state index contributed by atoms with van der Waals surface area (Å²) in [6.07, 6.45) is 5.17. The summed E-state index contributed by atoms with van der Waals surface area (Å²) in [5, 5.41) is 29.8. The van der Waals surface area contributed by atoms with E-state index in [9.17, 15) is 19.8 Å². The first-order valence-electron chi connectivity index (χ1n) is 11.5.